The molecule has 0 radical (unpaired) electrons. The zero-order valence-electron chi connectivity index (χ0n) is 11.7. The molecule has 1 N–H and O–H groups in total. The van der Waals surface area contributed by atoms with Crippen LogP contribution in [0.1, 0.15) is 37.2 Å². The van der Waals surface area contributed by atoms with Gasteiger partial charge in [-0.25, -0.2) is 4.79 Å². The van der Waals surface area contributed by atoms with E-state index in [1.165, 1.54) is 17.9 Å². The summed E-state index contributed by atoms with van der Waals surface area (Å²) < 4.78 is 6.06. The van der Waals surface area contributed by atoms with E-state index >= 15 is 0 Å². The molecular weight excluding hydrogens is 246 g/mol. The van der Waals surface area contributed by atoms with Crippen LogP contribution in [0.4, 0.5) is 5.82 Å². The minimum absolute atomic E-state index is 0.0151. The van der Waals surface area contributed by atoms with Crippen molar-refractivity contribution >= 4 is 17.7 Å². The van der Waals surface area contributed by atoms with Crippen molar-refractivity contribution in [2.45, 2.75) is 26.7 Å². The van der Waals surface area contributed by atoms with E-state index in [1.807, 2.05) is 0 Å². The Kier molecular flexibility index (Phi) is 3.34. The summed E-state index contributed by atoms with van der Waals surface area (Å²) in [5, 5.41) is 6.80. The lowest BCUT2D eigenvalue weighted by Crippen LogP contribution is -2.39. The largest absolute Gasteiger partial charge is 0.464 e. The highest BCUT2D eigenvalue weighted by Gasteiger charge is 2.40. The van der Waals surface area contributed by atoms with Gasteiger partial charge in [0.1, 0.15) is 5.82 Å². The zero-order chi connectivity index (χ0) is 14.2. The predicted octanol–water partition coefficient (Wildman–Crippen LogP) is 1.58. The van der Waals surface area contributed by atoms with Crippen molar-refractivity contribution in [1.82, 2.24) is 9.78 Å². The second-order valence-electron chi connectivity index (χ2n) is 5.79. The molecule has 6 nitrogen and oxygen atoms in total. The van der Waals surface area contributed by atoms with Crippen molar-refractivity contribution in [3.05, 3.63) is 11.8 Å². The van der Waals surface area contributed by atoms with Crippen LogP contribution in [0.3, 0.4) is 0 Å². The molecule has 1 aliphatic rings. The van der Waals surface area contributed by atoms with Crippen LogP contribution in [0.2, 0.25) is 0 Å². The number of nitrogens with one attached hydrogen (secondary N) is 1. The Morgan fingerprint density at radius 3 is 2.63 bits per heavy atom. The number of anilines is 1. The fourth-order valence-corrected chi connectivity index (χ4v) is 2.48. The fourth-order valence-electron chi connectivity index (χ4n) is 2.48. The highest BCUT2D eigenvalue weighted by atomic mass is 16.5. The SMILES string of the molecule is COC(=O)c1cc(NC(=O)C2CC(C)(C)C2)n(C)n1. The summed E-state index contributed by atoms with van der Waals surface area (Å²) in [5.41, 5.74) is 0.445. The first-order valence-corrected chi connectivity index (χ1v) is 6.25. The maximum atomic E-state index is 12.0. The number of rotatable bonds is 3. The van der Waals surface area contributed by atoms with Crippen LogP contribution in [-0.2, 0) is 16.6 Å². The smallest absolute Gasteiger partial charge is 0.358 e. The molecule has 1 aromatic heterocycles. The lowest BCUT2D eigenvalue weighted by molar-refractivity contribution is -0.126. The molecule has 2 rings (SSSR count). The quantitative estimate of drug-likeness (QED) is 0.842. The lowest BCUT2D eigenvalue weighted by atomic mass is 9.64. The van der Waals surface area contributed by atoms with Crippen molar-refractivity contribution in [1.29, 1.82) is 0 Å². The van der Waals surface area contributed by atoms with Crippen molar-refractivity contribution < 1.29 is 14.3 Å². The van der Waals surface area contributed by atoms with Crippen LogP contribution in [-0.4, -0.2) is 28.8 Å². The summed E-state index contributed by atoms with van der Waals surface area (Å²) in [6.45, 7) is 4.30. The van der Waals surface area contributed by atoms with Gasteiger partial charge in [0.25, 0.3) is 0 Å². The molecule has 1 amide bonds. The third kappa shape index (κ3) is 2.77. The van der Waals surface area contributed by atoms with E-state index in [1.54, 1.807) is 7.05 Å². The fraction of sp³-hybridized carbons (Fsp3) is 0.615. The molecular formula is C13H19N3O3. The van der Waals surface area contributed by atoms with Gasteiger partial charge in [0, 0.05) is 19.0 Å². The van der Waals surface area contributed by atoms with Crippen molar-refractivity contribution in [3.8, 4) is 0 Å². The Morgan fingerprint density at radius 1 is 1.47 bits per heavy atom. The molecule has 1 aliphatic carbocycles. The minimum atomic E-state index is -0.513. The number of methoxy groups -OCH3 is 1. The Bertz CT molecular complexity index is 511. The molecule has 1 fully saturated rings. The van der Waals surface area contributed by atoms with Gasteiger partial charge in [-0.3, -0.25) is 9.48 Å². The van der Waals surface area contributed by atoms with E-state index < -0.39 is 5.97 Å². The van der Waals surface area contributed by atoms with Gasteiger partial charge in [0.05, 0.1) is 7.11 Å². The maximum absolute atomic E-state index is 12.0. The van der Waals surface area contributed by atoms with Gasteiger partial charge in [-0.05, 0) is 18.3 Å². The molecule has 0 atom stereocenters. The van der Waals surface area contributed by atoms with Crippen molar-refractivity contribution in [2.24, 2.45) is 18.4 Å². The van der Waals surface area contributed by atoms with Gasteiger partial charge in [-0.2, -0.15) is 5.10 Å². The third-order valence-electron chi connectivity index (χ3n) is 3.49. The number of nitrogens with zero attached hydrogens (tertiary/aromatic N) is 2. The number of hydrogen-bond acceptors (Lipinski definition) is 4. The Hall–Kier alpha value is -1.85. The summed E-state index contributed by atoms with van der Waals surface area (Å²) in [4.78, 5) is 23.4. The summed E-state index contributed by atoms with van der Waals surface area (Å²) in [7, 11) is 2.97. The molecule has 0 spiro atoms. The number of esters is 1. The molecule has 0 bridgehead atoms. The summed E-state index contributed by atoms with van der Waals surface area (Å²) >= 11 is 0. The molecule has 0 aromatic carbocycles. The van der Waals surface area contributed by atoms with Crippen LogP contribution >= 0.6 is 0 Å². The molecule has 1 saturated carbocycles. The van der Waals surface area contributed by atoms with Crippen LogP contribution in [0.25, 0.3) is 0 Å². The van der Waals surface area contributed by atoms with Crippen LogP contribution in [0.15, 0.2) is 6.07 Å². The van der Waals surface area contributed by atoms with Crippen LogP contribution < -0.4 is 5.32 Å². The number of ether oxygens (including phenoxy) is 1. The summed E-state index contributed by atoms with van der Waals surface area (Å²) in [5.74, 6) is 0.0289. The number of carbonyl (C=O) groups excluding carboxylic acids is 2. The average molecular weight is 265 g/mol. The van der Waals surface area contributed by atoms with E-state index in [9.17, 15) is 9.59 Å². The Balaban J connectivity index is 2.02. The monoisotopic (exact) mass is 265 g/mol. The van der Waals surface area contributed by atoms with E-state index in [0.29, 0.717) is 5.82 Å². The van der Waals surface area contributed by atoms with E-state index in [4.69, 9.17) is 0 Å². The molecule has 19 heavy (non-hydrogen) atoms. The van der Waals surface area contributed by atoms with Crippen LogP contribution in [0.5, 0.6) is 0 Å². The number of amides is 1. The molecule has 1 aromatic rings. The first kappa shape index (κ1) is 13.6. The van der Waals surface area contributed by atoms with Crippen molar-refractivity contribution in [3.63, 3.8) is 0 Å². The topological polar surface area (TPSA) is 73.2 Å². The lowest BCUT2D eigenvalue weighted by Gasteiger charge is -2.41. The highest BCUT2D eigenvalue weighted by Crippen LogP contribution is 2.45. The van der Waals surface area contributed by atoms with Gasteiger partial charge in [0.15, 0.2) is 5.69 Å². The number of aryl methyl sites for hydroxylation is 1. The third-order valence-corrected chi connectivity index (χ3v) is 3.49. The highest BCUT2D eigenvalue weighted by molar-refractivity contribution is 5.94. The van der Waals surface area contributed by atoms with Crippen LogP contribution in [0, 0.1) is 11.3 Å². The molecule has 1 heterocycles. The molecule has 0 aliphatic heterocycles. The van der Waals surface area contributed by atoms with Crippen molar-refractivity contribution in [2.75, 3.05) is 12.4 Å². The number of hydrogen-bond donors (Lipinski definition) is 1. The Morgan fingerprint density at radius 2 is 2.11 bits per heavy atom. The van der Waals surface area contributed by atoms with Gasteiger partial charge in [-0.1, -0.05) is 13.8 Å². The number of carbonyl (C=O) groups is 2. The molecule has 104 valence electrons. The first-order valence-electron chi connectivity index (χ1n) is 6.25. The van der Waals surface area contributed by atoms with Gasteiger partial charge in [-0.15, -0.1) is 0 Å². The number of aromatic nitrogens is 2. The zero-order valence-corrected chi connectivity index (χ0v) is 11.7. The van der Waals surface area contributed by atoms with Gasteiger partial charge in [0.2, 0.25) is 5.91 Å². The minimum Gasteiger partial charge on any atom is -0.464 e. The summed E-state index contributed by atoms with van der Waals surface area (Å²) in [6, 6.07) is 1.52. The van der Waals surface area contributed by atoms with Gasteiger partial charge >= 0.3 is 5.97 Å². The standard InChI is InChI=1S/C13H19N3O3/c1-13(2)6-8(7-13)11(17)14-10-5-9(12(18)19-4)15-16(10)3/h5,8H,6-7H2,1-4H3,(H,14,17). The molecule has 0 unspecified atom stereocenters. The summed E-state index contributed by atoms with van der Waals surface area (Å²) in [6.07, 6.45) is 1.78. The van der Waals surface area contributed by atoms with E-state index in [2.05, 4.69) is 29.0 Å². The predicted molar refractivity (Wildman–Crippen MR) is 69.7 cm³/mol. The second kappa shape index (κ2) is 4.68. The maximum Gasteiger partial charge on any atom is 0.358 e. The molecule has 6 heteroatoms. The van der Waals surface area contributed by atoms with E-state index in [-0.39, 0.29) is 22.9 Å². The second-order valence-corrected chi connectivity index (χ2v) is 5.79. The first-order chi connectivity index (χ1) is 8.82. The van der Waals surface area contributed by atoms with E-state index in [0.717, 1.165) is 12.8 Å². The normalized spacial score (nSPS) is 17.7. The van der Waals surface area contributed by atoms with Gasteiger partial charge < -0.3 is 10.1 Å². The average Bonchev–Trinajstić information content (AvgIpc) is 2.66. The Labute approximate surface area is 112 Å². The molecule has 0 saturated heterocycles.